The molecule has 0 unspecified atom stereocenters. The summed E-state index contributed by atoms with van der Waals surface area (Å²) < 4.78 is 3.26. The molecule has 2 aromatic heterocycles. The summed E-state index contributed by atoms with van der Waals surface area (Å²) in [6.45, 7) is 2.95. The van der Waals surface area contributed by atoms with E-state index in [-0.39, 0.29) is 5.56 Å². The quantitative estimate of drug-likeness (QED) is 0.654. The lowest BCUT2D eigenvalue weighted by molar-refractivity contribution is 0.549. The van der Waals surface area contributed by atoms with E-state index in [4.69, 9.17) is 0 Å². The van der Waals surface area contributed by atoms with Gasteiger partial charge in [0.15, 0.2) is 11.2 Å². The fourth-order valence-corrected chi connectivity index (χ4v) is 3.05. The molecular formula is C17H29N5O2. The van der Waals surface area contributed by atoms with E-state index in [2.05, 4.69) is 22.2 Å². The Morgan fingerprint density at radius 2 is 1.67 bits per heavy atom. The summed E-state index contributed by atoms with van der Waals surface area (Å²) in [5, 5.41) is 3.02. The SMILES string of the molecule is CCCCCCCCCCn1c(NC)nc2c1c(=O)[nH]c(=O)n2C. The van der Waals surface area contributed by atoms with Crippen LogP contribution >= 0.6 is 0 Å². The normalized spacial score (nSPS) is 11.3. The summed E-state index contributed by atoms with van der Waals surface area (Å²) in [6, 6.07) is 0. The van der Waals surface area contributed by atoms with Gasteiger partial charge in [-0.05, 0) is 6.42 Å². The molecule has 24 heavy (non-hydrogen) atoms. The number of hydrogen-bond donors (Lipinski definition) is 2. The Bertz CT molecular complexity index is 772. The molecule has 0 bridgehead atoms. The van der Waals surface area contributed by atoms with Gasteiger partial charge in [0.05, 0.1) is 0 Å². The molecule has 7 heteroatoms. The van der Waals surface area contributed by atoms with Crippen LogP contribution in [0.1, 0.15) is 58.3 Å². The van der Waals surface area contributed by atoms with Crippen molar-refractivity contribution < 1.29 is 0 Å². The number of fused-ring (bicyclic) bond motifs is 1. The first kappa shape index (κ1) is 18.3. The third-order valence-electron chi connectivity index (χ3n) is 4.47. The number of aryl methyl sites for hydroxylation is 2. The number of imidazole rings is 1. The summed E-state index contributed by atoms with van der Waals surface area (Å²) in [5.74, 6) is 0.625. The molecule has 0 fully saturated rings. The van der Waals surface area contributed by atoms with E-state index < -0.39 is 5.69 Å². The fourth-order valence-electron chi connectivity index (χ4n) is 3.05. The molecule has 0 saturated heterocycles. The van der Waals surface area contributed by atoms with Crippen molar-refractivity contribution in [2.24, 2.45) is 7.05 Å². The highest BCUT2D eigenvalue weighted by Crippen LogP contribution is 2.16. The summed E-state index contributed by atoms with van der Waals surface area (Å²) in [7, 11) is 3.39. The average Bonchev–Trinajstić information content (AvgIpc) is 2.94. The molecule has 7 nitrogen and oxygen atoms in total. The lowest BCUT2D eigenvalue weighted by atomic mass is 10.1. The third-order valence-corrected chi connectivity index (χ3v) is 4.47. The van der Waals surface area contributed by atoms with E-state index >= 15 is 0 Å². The van der Waals surface area contributed by atoms with Gasteiger partial charge in [0.1, 0.15) is 0 Å². The predicted octanol–water partition coefficient (Wildman–Crippen LogP) is 2.61. The maximum atomic E-state index is 12.2. The number of nitrogens with one attached hydrogen (secondary N) is 2. The Morgan fingerprint density at radius 1 is 1.04 bits per heavy atom. The molecule has 2 N–H and O–H groups in total. The summed E-state index contributed by atoms with van der Waals surface area (Å²) in [6.07, 6.45) is 9.88. The van der Waals surface area contributed by atoms with Crippen molar-refractivity contribution in [1.82, 2.24) is 19.1 Å². The highest BCUT2D eigenvalue weighted by atomic mass is 16.2. The molecule has 0 atom stereocenters. The van der Waals surface area contributed by atoms with Crippen molar-refractivity contribution in [1.29, 1.82) is 0 Å². The predicted molar refractivity (Wildman–Crippen MR) is 97.8 cm³/mol. The van der Waals surface area contributed by atoms with Gasteiger partial charge in [0, 0.05) is 20.6 Å². The molecule has 2 aromatic rings. The molecule has 0 spiro atoms. The van der Waals surface area contributed by atoms with E-state index in [9.17, 15) is 9.59 Å². The molecular weight excluding hydrogens is 306 g/mol. The van der Waals surface area contributed by atoms with Crippen LogP contribution in [0.2, 0.25) is 0 Å². The average molecular weight is 335 g/mol. The van der Waals surface area contributed by atoms with Gasteiger partial charge < -0.3 is 9.88 Å². The van der Waals surface area contributed by atoms with Gasteiger partial charge in [-0.1, -0.05) is 51.9 Å². The first-order valence-corrected chi connectivity index (χ1v) is 8.97. The van der Waals surface area contributed by atoms with Gasteiger partial charge in [0.25, 0.3) is 5.56 Å². The third kappa shape index (κ3) is 4.07. The van der Waals surface area contributed by atoms with Crippen molar-refractivity contribution in [2.75, 3.05) is 12.4 Å². The molecule has 2 rings (SSSR count). The Labute approximate surface area is 142 Å². The standard InChI is InChI=1S/C17H29N5O2/c1-4-5-6-7-8-9-10-11-12-22-13-14(19-16(22)18-2)21(3)17(24)20-15(13)23/h4-12H2,1-3H3,(H,18,19)(H,20,23,24). The van der Waals surface area contributed by atoms with Crippen LogP contribution in [0, 0.1) is 0 Å². The maximum Gasteiger partial charge on any atom is 0.329 e. The van der Waals surface area contributed by atoms with Crippen LogP contribution in [0.3, 0.4) is 0 Å². The largest absolute Gasteiger partial charge is 0.359 e. The number of rotatable bonds is 10. The maximum absolute atomic E-state index is 12.2. The van der Waals surface area contributed by atoms with Gasteiger partial charge >= 0.3 is 5.69 Å². The van der Waals surface area contributed by atoms with Crippen LogP contribution in [-0.4, -0.2) is 26.1 Å². The molecule has 0 saturated carbocycles. The zero-order valence-corrected chi connectivity index (χ0v) is 15.0. The summed E-state index contributed by atoms with van der Waals surface area (Å²) >= 11 is 0. The second-order valence-corrected chi connectivity index (χ2v) is 6.30. The van der Waals surface area contributed by atoms with Crippen LogP contribution in [0.4, 0.5) is 5.95 Å². The number of anilines is 1. The topological polar surface area (TPSA) is 84.7 Å². The number of H-pyrrole nitrogens is 1. The lowest BCUT2D eigenvalue weighted by Crippen LogP contribution is -2.29. The molecule has 0 aromatic carbocycles. The van der Waals surface area contributed by atoms with E-state index in [1.54, 1.807) is 14.1 Å². The van der Waals surface area contributed by atoms with E-state index in [0.717, 1.165) is 19.4 Å². The van der Waals surface area contributed by atoms with E-state index in [1.165, 1.54) is 43.1 Å². The molecule has 2 heterocycles. The number of nitrogens with zero attached hydrogens (tertiary/aromatic N) is 3. The smallest absolute Gasteiger partial charge is 0.329 e. The van der Waals surface area contributed by atoms with Crippen LogP contribution in [0.15, 0.2) is 9.59 Å². The van der Waals surface area contributed by atoms with Gasteiger partial charge in [0.2, 0.25) is 5.95 Å². The number of aromatic nitrogens is 4. The molecule has 0 aliphatic heterocycles. The highest BCUT2D eigenvalue weighted by molar-refractivity contribution is 5.74. The van der Waals surface area contributed by atoms with Gasteiger partial charge in [-0.25, -0.2) is 4.79 Å². The lowest BCUT2D eigenvalue weighted by Gasteiger charge is -2.08. The Hall–Kier alpha value is -2.05. The second kappa shape index (κ2) is 8.70. The summed E-state index contributed by atoms with van der Waals surface area (Å²) in [4.78, 5) is 30.6. The molecule has 0 aliphatic carbocycles. The number of aromatic amines is 1. The first-order valence-electron chi connectivity index (χ1n) is 8.97. The van der Waals surface area contributed by atoms with Crippen molar-refractivity contribution in [3.05, 3.63) is 20.8 Å². The monoisotopic (exact) mass is 335 g/mol. The highest BCUT2D eigenvalue weighted by Gasteiger charge is 2.15. The van der Waals surface area contributed by atoms with Gasteiger partial charge in [-0.15, -0.1) is 0 Å². The van der Waals surface area contributed by atoms with Crippen LogP contribution in [0.25, 0.3) is 11.2 Å². The Morgan fingerprint density at radius 3 is 2.29 bits per heavy atom. The second-order valence-electron chi connectivity index (χ2n) is 6.30. The Balaban J connectivity index is 2.02. The minimum Gasteiger partial charge on any atom is -0.359 e. The molecule has 0 radical (unpaired) electrons. The Kier molecular flexibility index (Phi) is 6.63. The molecule has 0 amide bonds. The van der Waals surface area contributed by atoms with Crippen molar-refractivity contribution in [3.63, 3.8) is 0 Å². The number of hydrogen-bond acceptors (Lipinski definition) is 4. The molecule has 0 aliphatic rings. The minimum atomic E-state index is -0.438. The van der Waals surface area contributed by atoms with Gasteiger partial charge in [-0.2, -0.15) is 4.98 Å². The van der Waals surface area contributed by atoms with Crippen LogP contribution < -0.4 is 16.6 Å². The fraction of sp³-hybridized carbons (Fsp3) is 0.706. The van der Waals surface area contributed by atoms with Crippen molar-refractivity contribution in [3.8, 4) is 0 Å². The van der Waals surface area contributed by atoms with Crippen LogP contribution in [-0.2, 0) is 13.6 Å². The van der Waals surface area contributed by atoms with Gasteiger partial charge in [-0.3, -0.25) is 14.3 Å². The molecule has 134 valence electrons. The number of unbranched alkanes of at least 4 members (excludes halogenated alkanes) is 7. The zero-order chi connectivity index (χ0) is 17.5. The first-order chi connectivity index (χ1) is 11.6. The zero-order valence-electron chi connectivity index (χ0n) is 15.0. The van der Waals surface area contributed by atoms with Crippen LogP contribution in [0.5, 0.6) is 0 Å². The minimum absolute atomic E-state index is 0.373. The van der Waals surface area contributed by atoms with Crippen molar-refractivity contribution >= 4 is 17.1 Å². The van der Waals surface area contributed by atoms with Crippen molar-refractivity contribution in [2.45, 2.75) is 64.8 Å². The van der Waals surface area contributed by atoms with E-state index in [1.807, 2.05) is 4.57 Å². The summed E-state index contributed by atoms with van der Waals surface area (Å²) in [5.41, 5.74) is 0.0746. The van der Waals surface area contributed by atoms with E-state index in [0.29, 0.717) is 17.1 Å².